The number of carbonyl (C=O) groups is 4. The van der Waals surface area contributed by atoms with Crippen molar-refractivity contribution in [1.29, 1.82) is 0 Å². The molecule has 0 aliphatic rings. The Bertz CT molecular complexity index is 1490. The predicted octanol–water partition coefficient (Wildman–Crippen LogP) is 11.0. The first-order valence-electron chi connectivity index (χ1n) is 25.7. The Morgan fingerprint density at radius 1 is 0.400 bits per heavy atom. The van der Waals surface area contributed by atoms with Crippen LogP contribution in [-0.2, 0) is 25.7 Å². The van der Waals surface area contributed by atoms with Crippen LogP contribution in [0.1, 0.15) is 261 Å². The summed E-state index contributed by atoms with van der Waals surface area (Å²) in [4.78, 5) is 46.3. The molecular formula is C56H90O8Sn. The quantitative estimate of drug-likeness (QED) is 0.0494. The monoisotopic (exact) mass is 1010 g/mol. The normalized spacial score (nSPS) is 11.2. The predicted molar refractivity (Wildman–Crippen MR) is 263 cm³/mol. The van der Waals surface area contributed by atoms with Crippen molar-refractivity contribution >= 4 is 45.0 Å². The first kappa shape index (κ1) is 62.1. The molecule has 0 bridgehead atoms. The van der Waals surface area contributed by atoms with E-state index in [0.717, 1.165) is 114 Å². The molecule has 0 N–H and O–H groups in total. The van der Waals surface area contributed by atoms with Gasteiger partial charge in [-0.3, -0.25) is 0 Å². The Kier molecular flexibility index (Phi) is 36.4. The molecule has 0 saturated heterocycles. The van der Waals surface area contributed by atoms with Crippen LogP contribution in [0.5, 0.6) is 0 Å². The van der Waals surface area contributed by atoms with Gasteiger partial charge in [0.25, 0.3) is 0 Å². The van der Waals surface area contributed by atoms with Crippen molar-refractivity contribution in [3.63, 3.8) is 0 Å². The van der Waals surface area contributed by atoms with Crippen molar-refractivity contribution in [3.8, 4) is 0 Å². The van der Waals surface area contributed by atoms with Gasteiger partial charge in [-0.2, -0.15) is 0 Å². The summed E-state index contributed by atoms with van der Waals surface area (Å²) in [6.45, 7) is 22.2. The molecule has 0 unspecified atom stereocenters. The Labute approximate surface area is 407 Å². The minimum absolute atomic E-state index is 0.149. The molecule has 0 aliphatic heterocycles. The number of carboxylic acids is 4. The fraction of sp³-hybridized carbons (Fsp3) is 0.714. The van der Waals surface area contributed by atoms with Crippen LogP contribution in [0.25, 0.3) is 0 Å². The average Bonchev–Trinajstić information content (AvgIpc) is 3.23. The van der Waals surface area contributed by atoms with E-state index in [1.165, 1.54) is 50.7 Å². The summed E-state index contributed by atoms with van der Waals surface area (Å²) in [5.74, 6) is -3.06. The van der Waals surface area contributed by atoms with E-state index in [4.69, 9.17) is 0 Å². The molecule has 0 amide bonds. The molecule has 0 aromatic heterocycles. The third kappa shape index (κ3) is 29.5. The van der Waals surface area contributed by atoms with E-state index in [1.54, 1.807) is 21.0 Å². The molecule has 0 fully saturated rings. The van der Waals surface area contributed by atoms with Gasteiger partial charge >= 0.3 is 69.5 Å². The first-order chi connectivity index (χ1) is 30.9. The number of hydrogen-bond acceptors (Lipinski definition) is 8. The van der Waals surface area contributed by atoms with Crippen molar-refractivity contribution in [2.24, 2.45) is 23.7 Å². The van der Waals surface area contributed by atoms with E-state index >= 15 is 0 Å². The number of unbranched alkanes of at least 4 members (excludes halogenated alkanes) is 10. The van der Waals surface area contributed by atoms with Gasteiger partial charge in [0.05, 0.1) is 23.9 Å². The number of carboxylic acid groups (broad SMARTS) is 4. The summed E-state index contributed by atoms with van der Waals surface area (Å²) >= 11 is 0.149. The zero-order valence-corrected chi connectivity index (χ0v) is 45.6. The molecule has 2 rings (SSSR count). The van der Waals surface area contributed by atoms with Crippen molar-refractivity contribution in [3.05, 3.63) is 68.8 Å². The summed E-state index contributed by atoms with van der Waals surface area (Å²) in [5, 5.41) is 46.3. The molecular weight excluding hydrogens is 919 g/mol. The van der Waals surface area contributed by atoms with Gasteiger partial charge in [0.1, 0.15) is 0 Å². The Balaban J connectivity index is 0.00000106. The number of hydrogen-bond donors (Lipinski definition) is 0. The van der Waals surface area contributed by atoms with Crippen LogP contribution in [0.3, 0.4) is 0 Å². The standard InChI is InChI=1S/2C24H38O4.2C4H9.Sn/c2*1-17(2)11-7-5-9-13-19-15-16-21(23(25)26)22(24(27)28)20(19)14-10-6-8-12-18(3)4;2*1-3-4-2;/h2*15-18H,5-14H2,1-4H3,(H,25,26)(H,27,28);2*1,3-4H2,2H3;/q;;;;+4/p-4. The average molecular weight is 1010 g/mol. The molecule has 0 spiro atoms. The Morgan fingerprint density at radius 2 is 0.692 bits per heavy atom. The van der Waals surface area contributed by atoms with Gasteiger partial charge in [-0.05, 0) is 97.3 Å². The van der Waals surface area contributed by atoms with Gasteiger partial charge in [-0.1, -0.05) is 157 Å². The van der Waals surface area contributed by atoms with Crippen molar-refractivity contribution in [2.75, 3.05) is 0 Å². The van der Waals surface area contributed by atoms with E-state index in [2.05, 4.69) is 69.2 Å². The third-order valence-corrected chi connectivity index (χ3v) is 16.0. The van der Waals surface area contributed by atoms with E-state index in [0.29, 0.717) is 47.6 Å². The van der Waals surface area contributed by atoms with Gasteiger partial charge in [0.15, 0.2) is 0 Å². The minimum atomic E-state index is -1.45. The van der Waals surface area contributed by atoms with Crippen LogP contribution in [0.15, 0.2) is 24.3 Å². The van der Waals surface area contributed by atoms with Crippen LogP contribution in [0.4, 0.5) is 0 Å². The number of rotatable bonds is 34. The molecule has 2 aromatic carbocycles. The molecule has 2 aromatic rings. The maximum atomic E-state index is 11.7. The van der Waals surface area contributed by atoms with E-state index in [-0.39, 0.29) is 43.4 Å². The SMILES string of the molecule is CC(C)CCCCCc1ccc(C(=O)[O-])c(C(=O)[O-])c1CCCCCC(C)C.CC(C)CCCCCc1ccc(C(=O)[O-])c(C(=O)[O-])c1CCCCCC(C)C.CCC[CH2][Sn+4][CH2]CCC. The van der Waals surface area contributed by atoms with E-state index in [1.807, 2.05) is 0 Å². The summed E-state index contributed by atoms with van der Waals surface area (Å²) in [7, 11) is 0. The van der Waals surface area contributed by atoms with Crippen LogP contribution < -0.4 is 20.4 Å². The van der Waals surface area contributed by atoms with Crippen molar-refractivity contribution in [2.45, 2.75) is 232 Å². The van der Waals surface area contributed by atoms with Crippen molar-refractivity contribution < 1.29 is 39.6 Å². The van der Waals surface area contributed by atoms with E-state index < -0.39 is 23.9 Å². The second-order valence-electron chi connectivity index (χ2n) is 19.8. The van der Waals surface area contributed by atoms with Gasteiger partial charge in [-0.25, -0.2) is 0 Å². The van der Waals surface area contributed by atoms with E-state index in [9.17, 15) is 39.6 Å². The molecule has 6 radical (unpaired) electrons. The Hall–Kier alpha value is -2.88. The van der Waals surface area contributed by atoms with Gasteiger partial charge < -0.3 is 39.6 Å². The fourth-order valence-electron chi connectivity index (χ4n) is 8.11. The molecule has 0 saturated carbocycles. The number of benzene rings is 2. The topological polar surface area (TPSA) is 161 Å². The molecule has 0 aliphatic carbocycles. The number of aryl methyl sites for hydroxylation is 2. The maximum absolute atomic E-state index is 11.7. The molecule has 8 nitrogen and oxygen atoms in total. The van der Waals surface area contributed by atoms with Crippen LogP contribution in [-0.4, -0.2) is 45.0 Å². The molecule has 65 heavy (non-hydrogen) atoms. The summed E-state index contributed by atoms with van der Waals surface area (Å²) in [6.07, 6.45) is 25.6. The Morgan fingerprint density at radius 3 is 0.938 bits per heavy atom. The summed E-state index contributed by atoms with van der Waals surface area (Å²) in [6, 6.07) is 6.27. The van der Waals surface area contributed by atoms with Crippen molar-refractivity contribution in [1.82, 2.24) is 0 Å². The van der Waals surface area contributed by atoms with Gasteiger partial charge in [0, 0.05) is 22.3 Å². The van der Waals surface area contributed by atoms with Gasteiger partial charge in [-0.15, -0.1) is 0 Å². The zero-order chi connectivity index (χ0) is 49.2. The first-order valence-corrected chi connectivity index (χ1v) is 29.8. The summed E-state index contributed by atoms with van der Waals surface area (Å²) in [5.41, 5.74) is 2.27. The molecule has 366 valence electrons. The second-order valence-corrected chi connectivity index (χ2v) is 24.1. The molecule has 0 atom stereocenters. The van der Waals surface area contributed by atoms with Crippen LogP contribution in [0, 0.1) is 23.7 Å². The third-order valence-electron chi connectivity index (χ3n) is 12.0. The summed E-state index contributed by atoms with van der Waals surface area (Å²) < 4.78 is 3.25. The zero-order valence-electron chi connectivity index (χ0n) is 42.8. The molecule has 0 heterocycles. The van der Waals surface area contributed by atoms with Gasteiger partial charge in [0.2, 0.25) is 0 Å². The number of aromatic carboxylic acids is 4. The number of carbonyl (C=O) groups excluding carboxylic acids is 4. The molecule has 9 heteroatoms. The van der Waals surface area contributed by atoms with Crippen LogP contribution >= 0.6 is 0 Å². The fourth-order valence-corrected chi connectivity index (χ4v) is 12.3. The van der Waals surface area contributed by atoms with Crippen LogP contribution in [0.2, 0.25) is 8.87 Å². The second kappa shape index (κ2) is 38.1.